The number of nitrogens with one attached hydrogen (secondary N) is 1. The van der Waals surface area contributed by atoms with Gasteiger partial charge in [0.15, 0.2) is 0 Å². The van der Waals surface area contributed by atoms with Crippen LogP contribution in [0.4, 0.5) is 0 Å². The van der Waals surface area contributed by atoms with Crippen molar-refractivity contribution in [3.8, 4) is 0 Å². The van der Waals surface area contributed by atoms with Crippen LogP contribution in [0.2, 0.25) is 0 Å². The number of hydrogen-bond donors (Lipinski definition) is 1. The Labute approximate surface area is 136 Å². The van der Waals surface area contributed by atoms with Gasteiger partial charge in [-0.25, -0.2) is 0 Å². The Kier molecular flexibility index (Phi) is 5.41. The third kappa shape index (κ3) is 3.20. The van der Waals surface area contributed by atoms with E-state index in [-0.39, 0.29) is 6.04 Å². The number of benzene rings is 1. The fourth-order valence-electron chi connectivity index (χ4n) is 2.20. The van der Waals surface area contributed by atoms with Gasteiger partial charge in [0.2, 0.25) is 0 Å². The van der Waals surface area contributed by atoms with Crippen LogP contribution >= 0.6 is 38.5 Å². The minimum absolute atomic E-state index is 0.150. The van der Waals surface area contributed by atoms with E-state index in [2.05, 4.69) is 84.8 Å². The number of aryl methyl sites for hydroxylation is 1. The molecule has 1 atom stereocenters. The highest BCUT2D eigenvalue weighted by Gasteiger charge is 2.21. The monoisotopic (exact) mass is 433 g/mol. The topological polar surface area (TPSA) is 29.9 Å². The largest absolute Gasteiger partial charge is 0.308 e. The Morgan fingerprint density at radius 2 is 2.16 bits per heavy atom. The third-order valence-corrected chi connectivity index (χ3v) is 4.64. The summed E-state index contributed by atoms with van der Waals surface area (Å²) in [7, 11) is 1.99. The maximum atomic E-state index is 4.46. The van der Waals surface area contributed by atoms with Gasteiger partial charge >= 0.3 is 0 Å². The summed E-state index contributed by atoms with van der Waals surface area (Å²) in [5, 5.41) is 7.86. The second-order valence-corrected chi connectivity index (χ2v) is 6.36. The molecule has 1 heterocycles. The molecule has 1 N–H and O–H groups in total. The average molecular weight is 434 g/mol. The Morgan fingerprint density at radius 3 is 2.79 bits per heavy atom. The first-order valence-corrected chi connectivity index (χ1v) is 8.19. The molecule has 1 aromatic carbocycles. The van der Waals surface area contributed by atoms with Crippen LogP contribution in [0.15, 0.2) is 34.9 Å². The fourth-order valence-corrected chi connectivity index (χ4v) is 3.42. The van der Waals surface area contributed by atoms with Crippen LogP contribution in [-0.2, 0) is 6.54 Å². The maximum Gasteiger partial charge on any atom is 0.0767 e. The molecule has 0 saturated heterocycles. The summed E-state index contributed by atoms with van der Waals surface area (Å²) in [5.41, 5.74) is 2.47. The van der Waals surface area contributed by atoms with Gasteiger partial charge in [0.25, 0.3) is 0 Å². The van der Waals surface area contributed by atoms with Crippen molar-refractivity contribution in [3.05, 3.63) is 49.8 Å². The summed E-state index contributed by atoms with van der Waals surface area (Å²) in [4.78, 5) is 0. The van der Waals surface area contributed by atoms with Crippen LogP contribution < -0.4 is 5.32 Å². The summed E-state index contributed by atoms with van der Waals surface area (Å²) < 4.78 is 4.39. The lowest BCUT2D eigenvalue weighted by molar-refractivity contribution is 0.532. The van der Waals surface area contributed by atoms with E-state index in [1.807, 2.05) is 13.2 Å². The van der Waals surface area contributed by atoms with Crippen molar-refractivity contribution in [3.63, 3.8) is 0 Å². The Hall–Kier alpha value is -0.400. The Balaban J connectivity index is 2.48. The molecule has 1 unspecified atom stereocenters. The standard InChI is InChI=1S/C14H17BrIN3/c1-3-8-19-14(11(15)9-18-19)13(17-2)10-6-4-5-7-12(10)16/h4-7,9,13,17H,3,8H2,1-2H3. The third-order valence-electron chi connectivity index (χ3n) is 3.05. The van der Waals surface area contributed by atoms with Crippen molar-refractivity contribution in [2.45, 2.75) is 25.9 Å². The minimum atomic E-state index is 0.150. The lowest BCUT2D eigenvalue weighted by Gasteiger charge is -2.20. The van der Waals surface area contributed by atoms with Gasteiger partial charge in [-0.05, 0) is 63.6 Å². The first kappa shape index (κ1) is 15.0. The second kappa shape index (κ2) is 6.85. The van der Waals surface area contributed by atoms with E-state index >= 15 is 0 Å². The van der Waals surface area contributed by atoms with Gasteiger partial charge in [-0.3, -0.25) is 4.68 Å². The maximum absolute atomic E-state index is 4.46. The van der Waals surface area contributed by atoms with E-state index in [1.165, 1.54) is 14.8 Å². The van der Waals surface area contributed by atoms with Crippen molar-refractivity contribution in [1.29, 1.82) is 0 Å². The molecule has 0 aliphatic rings. The van der Waals surface area contributed by atoms with Gasteiger partial charge in [-0.1, -0.05) is 25.1 Å². The Morgan fingerprint density at radius 1 is 1.42 bits per heavy atom. The quantitative estimate of drug-likeness (QED) is 0.723. The molecule has 0 fully saturated rings. The molecule has 0 aliphatic carbocycles. The highest BCUT2D eigenvalue weighted by atomic mass is 127. The molecule has 19 heavy (non-hydrogen) atoms. The summed E-state index contributed by atoms with van der Waals surface area (Å²) in [5.74, 6) is 0. The lowest BCUT2D eigenvalue weighted by Crippen LogP contribution is -2.23. The van der Waals surface area contributed by atoms with Crippen molar-refractivity contribution in [1.82, 2.24) is 15.1 Å². The second-order valence-electron chi connectivity index (χ2n) is 4.34. The summed E-state index contributed by atoms with van der Waals surface area (Å²) in [6.07, 6.45) is 2.95. The number of rotatable bonds is 5. The molecule has 0 bridgehead atoms. The normalized spacial score (nSPS) is 12.6. The van der Waals surface area contributed by atoms with Crippen LogP contribution in [0, 0.1) is 3.57 Å². The summed E-state index contributed by atoms with van der Waals surface area (Å²) in [6.45, 7) is 3.10. The average Bonchev–Trinajstić information content (AvgIpc) is 2.75. The molecule has 5 heteroatoms. The highest BCUT2D eigenvalue weighted by Crippen LogP contribution is 2.30. The fraction of sp³-hybridized carbons (Fsp3) is 0.357. The smallest absolute Gasteiger partial charge is 0.0767 e. The predicted octanol–water partition coefficient (Wildman–Crippen LogP) is 3.97. The summed E-state index contributed by atoms with van der Waals surface area (Å²) in [6, 6.07) is 8.59. The SMILES string of the molecule is CCCn1ncc(Br)c1C(NC)c1ccccc1I. The van der Waals surface area contributed by atoms with Gasteiger partial charge in [0.1, 0.15) is 0 Å². The zero-order chi connectivity index (χ0) is 13.8. The van der Waals surface area contributed by atoms with Gasteiger partial charge in [-0.15, -0.1) is 0 Å². The van der Waals surface area contributed by atoms with Gasteiger partial charge in [0, 0.05) is 10.1 Å². The van der Waals surface area contributed by atoms with E-state index < -0.39 is 0 Å². The number of halogens is 2. The highest BCUT2D eigenvalue weighted by molar-refractivity contribution is 14.1. The van der Waals surface area contributed by atoms with E-state index in [4.69, 9.17) is 0 Å². The van der Waals surface area contributed by atoms with Gasteiger partial charge in [-0.2, -0.15) is 5.10 Å². The van der Waals surface area contributed by atoms with Crippen molar-refractivity contribution in [2.75, 3.05) is 7.05 Å². The molecule has 0 radical (unpaired) electrons. The molecule has 2 rings (SSSR count). The molecule has 0 saturated carbocycles. The van der Waals surface area contributed by atoms with Crippen LogP contribution in [0.5, 0.6) is 0 Å². The van der Waals surface area contributed by atoms with E-state index in [0.717, 1.165) is 17.4 Å². The molecule has 3 nitrogen and oxygen atoms in total. The van der Waals surface area contributed by atoms with Crippen LogP contribution in [0.1, 0.15) is 30.6 Å². The molecular weight excluding hydrogens is 417 g/mol. The molecule has 0 aliphatic heterocycles. The first-order valence-electron chi connectivity index (χ1n) is 6.32. The molecule has 0 spiro atoms. The number of nitrogens with zero attached hydrogens (tertiary/aromatic N) is 2. The van der Waals surface area contributed by atoms with E-state index in [9.17, 15) is 0 Å². The zero-order valence-corrected chi connectivity index (χ0v) is 14.8. The number of aromatic nitrogens is 2. The molecular formula is C14H17BrIN3. The molecule has 102 valence electrons. The Bertz CT molecular complexity index is 553. The number of hydrogen-bond acceptors (Lipinski definition) is 2. The predicted molar refractivity (Wildman–Crippen MR) is 90.3 cm³/mol. The van der Waals surface area contributed by atoms with Crippen molar-refractivity contribution < 1.29 is 0 Å². The van der Waals surface area contributed by atoms with Crippen LogP contribution in [0.3, 0.4) is 0 Å². The van der Waals surface area contributed by atoms with E-state index in [0.29, 0.717) is 0 Å². The van der Waals surface area contributed by atoms with Crippen LogP contribution in [0.25, 0.3) is 0 Å². The zero-order valence-electron chi connectivity index (χ0n) is 11.0. The molecule has 1 aromatic heterocycles. The molecule has 2 aromatic rings. The van der Waals surface area contributed by atoms with Crippen LogP contribution in [-0.4, -0.2) is 16.8 Å². The first-order chi connectivity index (χ1) is 9.19. The van der Waals surface area contributed by atoms with Gasteiger partial charge < -0.3 is 5.32 Å². The lowest BCUT2D eigenvalue weighted by atomic mass is 10.0. The molecule has 0 amide bonds. The minimum Gasteiger partial charge on any atom is -0.308 e. The summed E-state index contributed by atoms with van der Waals surface area (Å²) >= 11 is 6.01. The van der Waals surface area contributed by atoms with Crippen molar-refractivity contribution in [2.24, 2.45) is 0 Å². The van der Waals surface area contributed by atoms with Crippen molar-refractivity contribution >= 4 is 38.5 Å². The van der Waals surface area contributed by atoms with E-state index in [1.54, 1.807) is 0 Å². The van der Waals surface area contributed by atoms with Gasteiger partial charge in [0.05, 0.1) is 22.4 Å².